The summed E-state index contributed by atoms with van der Waals surface area (Å²) in [5, 5.41) is 13.0. The highest BCUT2D eigenvalue weighted by Gasteiger charge is 2.25. The zero-order valence-electron chi connectivity index (χ0n) is 12.7. The van der Waals surface area contributed by atoms with Crippen molar-refractivity contribution in [1.82, 2.24) is 9.97 Å². The second kappa shape index (κ2) is 8.01. The van der Waals surface area contributed by atoms with Gasteiger partial charge < -0.3 is 15.8 Å². The number of rotatable bonds is 9. The average molecular weight is 281 g/mol. The molecule has 0 saturated heterocycles. The van der Waals surface area contributed by atoms with E-state index in [1.165, 1.54) is 6.33 Å². The Bertz CT molecular complexity index is 398. The monoisotopic (exact) mass is 281 g/mol. The third-order valence-electron chi connectivity index (χ3n) is 4.05. The van der Waals surface area contributed by atoms with Crippen molar-refractivity contribution in [3.63, 3.8) is 0 Å². The summed E-state index contributed by atoms with van der Waals surface area (Å²) in [4.78, 5) is 8.46. The lowest BCUT2D eigenvalue weighted by Crippen LogP contribution is -2.33. The number of aliphatic hydroxyl groups excluding tert-OH is 1. The summed E-state index contributed by atoms with van der Waals surface area (Å²) in [6.07, 6.45) is 5.18. The Morgan fingerprint density at radius 3 is 2.35 bits per heavy atom. The molecule has 1 aromatic rings. The first-order chi connectivity index (χ1) is 9.66. The number of hydrogen-bond acceptors (Lipinski definition) is 6. The zero-order valence-corrected chi connectivity index (χ0v) is 12.7. The molecule has 0 fully saturated rings. The first-order valence-electron chi connectivity index (χ1n) is 7.31. The summed E-state index contributed by atoms with van der Waals surface area (Å²) in [5.41, 5.74) is 3.51. The molecular weight excluding hydrogens is 254 g/mol. The van der Waals surface area contributed by atoms with Crippen molar-refractivity contribution in [2.45, 2.75) is 46.5 Å². The van der Waals surface area contributed by atoms with E-state index in [4.69, 9.17) is 5.84 Å². The molecule has 0 saturated carbocycles. The minimum atomic E-state index is -0.106. The van der Waals surface area contributed by atoms with Gasteiger partial charge in [-0.05, 0) is 19.3 Å². The fraction of sp³-hybridized carbons (Fsp3) is 0.714. The number of aromatic nitrogens is 2. The molecule has 5 N–H and O–H groups in total. The van der Waals surface area contributed by atoms with Crippen molar-refractivity contribution in [2.75, 3.05) is 23.9 Å². The van der Waals surface area contributed by atoms with Crippen LogP contribution in [0.25, 0.3) is 0 Å². The molecule has 6 nitrogen and oxygen atoms in total. The molecule has 20 heavy (non-hydrogen) atoms. The third kappa shape index (κ3) is 3.80. The molecule has 0 radical (unpaired) electrons. The molecule has 0 aliphatic heterocycles. The van der Waals surface area contributed by atoms with E-state index in [1.54, 1.807) is 0 Å². The van der Waals surface area contributed by atoms with Crippen molar-refractivity contribution >= 4 is 11.6 Å². The molecule has 6 heteroatoms. The molecule has 0 aliphatic carbocycles. The van der Waals surface area contributed by atoms with Crippen molar-refractivity contribution in [1.29, 1.82) is 0 Å². The van der Waals surface area contributed by atoms with Crippen molar-refractivity contribution in [3.05, 3.63) is 11.9 Å². The number of hydrogen-bond donors (Lipinski definition) is 4. The van der Waals surface area contributed by atoms with Crippen LogP contribution in [0.4, 0.5) is 11.6 Å². The van der Waals surface area contributed by atoms with Gasteiger partial charge >= 0.3 is 0 Å². The Kier molecular flexibility index (Phi) is 6.67. The number of aliphatic hydroxyl groups is 1. The Morgan fingerprint density at radius 2 is 1.85 bits per heavy atom. The summed E-state index contributed by atoms with van der Waals surface area (Å²) in [7, 11) is 0. The average Bonchev–Trinajstić information content (AvgIpc) is 2.50. The van der Waals surface area contributed by atoms with E-state index in [2.05, 4.69) is 41.5 Å². The van der Waals surface area contributed by atoms with Gasteiger partial charge in [-0.3, -0.25) is 0 Å². The van der Waals surface area contributed by atoms with Crippen molar-refractivity contribution in [2.24, 2.45) is 11.3 Å². The second-order valence-electron chi connectivity index (χ2n) is 5.16. The lowest BCUT2D eigenvalue weighted by molar-refractivity contribution is 0.127. The molecule has 0 aliphatic rings. The van der Waals surface area contributed by atoms with E-state index in [-0.39, 0.29) is 12.0 Å². The largest absolute Gasteiger partial charge is 0.396 e. The van der Waals surface area contributed by atoms with Gasteiger partial charge in [0.1, 0.15) is 18.0 Å². The number of nitrogens with zero attached hydrogens (tertiary/aromatic N) is 2. The van der Waals surface area contributed by atoms with Crippen LogP contribution in [0.3, 0.4) is 0 Å². The van der Waals surface area contributed by atoms with E-state index < -0.39 is 0 Å². The van der Waals surface area contributed by atoms with Crippen LogP contribution >= 0.6 is 0 Å². The zero-order chi connectivity index (χ0) is 15.0. The molecule has 114 valence electrons. The standard InChI is InChI=1S/C14H27N5O/c1-4-7-11-12(17-10-18-13(11)19-15)16-8-14(5-2,6-3)9-20/h10,20H,4-9,15H2,1-3H3,(H2,16,17,18,19). The molecule has 0 unspecified atom stereocenters. The summed E-state index contributed by atoms with van der Waals surface area (Å²) < 4.78 is 0. The number of nitrogens with one attached hydrogen (secondary N) is 2. The fourth-order valence-corrected chi connectivity index (χ4v) is 2.23. The minimum absolute atomic E-state index is 0.106. The number of hydrazine groups is 1. The van der Waals surface area contributed by atoms with Crippen LogP contribution in [-0.4, -0.2) is 28.2 Å². The Morgan fingerprint density at radius 1 is 1.20 bits per heavy atom. The van der Waals surface area contributed by atoms with Gasteiger partial charge in [-0.15, -0.1) is 0 Å². The van der Waals surface area contributed by atoms with Gasteiger partial charge in [0, 0.05) is 17.5 Å². The summed E-state index contributed by atoms with van der Waals surface area (Å²) in [6.45, 7) is 7.16. The maximum Gasteiger partial charge on any atom is 0.148 e. The van der Waals surface area contributed by atoms with Crippen LogP contribution in [0.2, 0.25) is 0 Å². The van der Waals surface area contributed by atoms with E-state index in [0.29, 0.717) is 12.4 Å². The SMILES string of the molecule is CCCc1c(NN)ncnc1NCC(CC)(CC)CO. The molecule has 0 bridgehead atoms. The smallest absolute Gasteiger partial charge is 0.148 e. The predicted octanol–water partition coefficient (Wildman–Crippen LogP) is 1.93. The fourth-order valence-electron chi connectivity index (χ4n) is 2.23. The maximum atomic E-state index is 9.62. The molecule has 1 rings (SSSR count). The quantitative estimate of drug-likeness (QED) is 0.408. The van der Waals surface area contributed by atoms with Gasteiger partial charge in [0.25, 0.3) is 0 Å². The molecule has 0 atom stereocenters. The minimum Gasteiger partial charge on any atom is -0.396 e. The Hall–Kier alpha value is -1.40. The highest BCUT2D eigenvalue weighted by Crippen LogP contribution is 2.27. The number of nitrogens with two attached hydrogens (primary N) is 1. The normalized spacial score (nSPS) is 11.4. The highest BCUT2D eigenvalue weighted by atomic mass is 16.3. The first-order valence-corrected chi connectivity index (χ1v) is 7.31. The van der Waals surface area contributed by atoms with Gasteiger partial charge in [-0.1, -0.05) is 27.2 Å². The van der Waals surface area contributed by atoms with E-state index >= 15 is 0 Å². The topological polar surface area (TPSA) is 96.1 Å². The third-order valence-corrected chi connectivity index (χ3v) is 4.05. The van der Waals surface area contributed by atoms with E-state index in [9.17, 15) is 5.11 Å². The lowest BCUT2D eigenvalue weighted by Gasteiger charge is -2.30. The van der Waals surface area contributed by atoms with E-state index in [0.717, 1.165) is 37.1 Å². The van der Waals surface area contributed by atoms with Gasteiger partial charge in [0.15, 0.2) is 0 Å². The molecule has 0 aromatic carbocycles. The lowest BCUT2D eigenvalue weighted by atomic mass is 9.83. The molecule has 1 aromatic heterocycles. The van der Waals surface area contributed by atoms with Gasteiger partial charge in [0.05, 0.1) is 6.61 Å². The molecule has 0 spiro atoms. The summed E-state index contributed by atoms with van der Waals surface area (Å²) >= 11 is 0. The van der Waals surface area contributed by atoms with Crippen LogP contribution in [0.1, 0.15) is 45.6 Å². The summed E-state index contributed by atoms with van der Waals surface area (Å²) in [6, 6.07) is 0. The van der Waals surface area contributed by atoms with Crippen LogP contribution in [0.5, 0.6) is 0 Å². The van der Waals surface area contributed by atoms with Gasteiger partial charge in [-0.25, -0.2) is 15.8 Å². The van der Waals surface area contributed by atoms with Gasteiger partial charge in [0.2, 0.25) is 0 Å². The predicted molar refractivity (Wildman–Crippen MR) is 82.4 cm³/mol. The van der Waals surface area contributed by atoms with Crippen LogP contribution < -0.4 is 16.6 Å². The second-order valence-corrected chi connectivity index (χ2v) is 5.16. The Labute approximate surface area is 121 Å². The van der Waals surface area contributed by atoms with Crippen LogP contribution in [-0.2, 0) is 6.42 Å². The number of anilines is 2. The summed E-state index contributed by atoms with van der Waals surface area (Å²) in [5.74, 6) is 6.96. The molecule has 0 amide bonds. The van der Waals surface area contributed by atoms with Crippen LogP contribution in [0.15, 0.2) is 6.33 Å². The first kappa shape index (κ1) is 16.7. The van der Waals surface area contributed by atoms with Crippen molar-refractivity contribution < 1.29 is 5.11 Å². The Balaban J connectivity index is 2.91. The molecule has 1 heterocycles. The van der Waals surface area contributed by atoms with E-state index in [1.807, 2.05) is 0 Å². The van der Waals surface area contributed by atoms with Crippen LogP contribution in [0, 0.1) is 5.41 Å². The maximum absolute atomic E-state index is 9.62. The highest BCUT2D eigenvalue weighted by molar-refractivity contribution is 5.57. The molecular formula is C14H27N5O. The number of nitrogen functional groups attached to an aromatic ring is 1. The van der Waals surface area contributed by atoms with Crippen molar-refractivity contribution in [3.8, 4) is 0 Å². The van der Waals surface area contributed by atoms with Gasteiger partial charge in [-0.2, -0.15) is 0 Å².